The first-order valence-corrected chi connectivity index (χ1v) is 4.71. The molecule has 0 aliphatic heterocycles. The Balaban J connectivity index is 2.76. The van der Waals surface area contributed by atoms with Gasteiger partial charge in [0.25, 0.3) is 0 Å². The second-order valence-electron chi connectivity index (χ2n) is 3.54. The fourth-order valence-corrected chi connectivity index (χ4v) is 1.14. The number of halogens is 3. The number of hydrazine groups is 1. The van der Waals surface area contributed by atoms with Crippen LogP contribution in [0.5, 0.6) is 0 Å². The van der Waals surface area contributed by atoms with E-state index in [9.17, 15) is 18.0 Å². The number of carbonyl (C=O) groups is 1. The number of amides is 2. The van der Waals surface area contributed by atoms with E-state index in [1.54, 1.807) is 14.1 Å². The van der Waals surface area contributed by atoms with Crippen LogP contribution in [-0.4, -0.2) is 25.1 Å². The van der Waals surface area contributed by atoms with E-state index in [1.165, 1.54) is 17.1 Å². The van der Waals surface area contributed by atoms with Gasteiger partial charge in [0, 0.05) is 19.8 Å². The molecule has 2 N–H and O–H groups in total. The Morgan fingerprint density at radius 1 is 1.29 bits per heavy atom. The molecule has 94 valence electrons. The smallest absolute Gasteiger partial charge is 0.307 e. The van der Waals surface area contributed by atoms with Crippen LogP contribution in [0, 0.1) is 0 Å². The van der Waals surface area contributed by atoms with Crippen molar-refractivity contribution < 1.29 is 18.0 Å². The van der Waals surface area contributed by atoms with E-state index in [1.807, 2.05) is 0 Å². The molecule has 2 amide bonds. The van der Waals surface area contributed by atoms with Crippen molar-refractivity contribution >= 4 is 11.7 Å². The summed E-state index contributed by atoms with van der Waals surface area (Å²) in [6.07, 6.45) is -4.42. The maximum atomic E-state index is 12.4. The van der Waals surface area contributed by atoms with E-state index in [4.69, 9.17) is 0 Å². The minimum absolute atomic E-state index is 0.0826. The molecule has 0 atom stereocenters. The lowest BCUT2D eigenvalue weighted by Gasteiger charge is -2.13. The Bertz CT molecular complexity index is 404. The summed E-state index contributed by atoms with van der Waals surface area (Å²) in [6.45, 7) is 0. The Hall–Kier alpha value is -1.76. The zero-order valence-electron chi connectivity index (χ0n) is 9.30. The van der Waals surface area contributed by atoms with Gasteiger partial charge in [-0.25, -0.2) is 9.80 Å². The van der Waals surface area contributed by atoms with Crippen LogP contribution >= 0.6 is 0 Å². The summed E-state index contributed by atoms with van der Waals surface area (Å²) in [4.78, 5) is 11.2. The molecule has 0 saturated carbocycles. The highest BCUT2D eigenvalue weighted by molar-refractivity contribution is 5.88. The standard InChI is InChI=1S/C10H12F3N3O/c1-16(2)15-9(17)14-8-5-3-4-7(6-8)10(11,12)13/h3-6H,1-2H3,(H2,14,15,17). The molecule has 4 nitrogen and oxygen atoms in total. The Labute approximate surface area is 96.4 Å². The van der Waals surface area contributed by atoms with Gasteiger partial charge in [0.15, 0.2) is 0 Å². The van der Waals surface area contributed by atoms with Crippen LogP contribution in [0.15, 0.2) is 24.3 Å². The van der Waals surface area contributed by atoms with E-state index in [0.717, 1.165) is 12.1 Å². The lowest BCUT2D eigenvalue weighted by atomic mass is 10.2. The topological polar surface area (TPSA) is 44.4 Å². The summed E-state index contributed by atoms with van der Waals surface area (Å²) in [5.41, 5.74) is 1.63. The molecule has 1 aromatic rings. The third kappa shape index (κ3) is 4.31. The molecule has 0 spiro atoms. The molecule has 0 unspecified atom stereocenters. The highest BCUT2D eigenvalue weighted by Gasteiger charge is 2.30. The summed E-state index contributed by atoms with van der Waals surface area (Å²) >= 11 is 0. The molecule has 0 fully saturated rings. The van der Waals surface area contributed by atoms with Crippen LogP contribution in [0.3, 0.4) is 0 Å². The predicted molar refractivity (Wildman–Crippen MR) is 57.3 cm³/mol. The summed E-state index contributed by atoms with van der Waals surface area (Å²) < 4.78 is 37.1. The van der Waals surface area contributed by atoms with Gasteiger partial charge in [-0.2, -0.15) is 13.2 Å². The molecular weight excluding hydrogens is 235 g/mol. The average molecular weight is 247 g/mol. The van der Waals surface area contributed by atoms with E-state index < -0.39 is 17.8 Å². The molecule has 0 bridgehead atoms. The fourth-order valence-electron chi connectivity index (χ4n) is 1.14. The van der Waals surface area contributed by atoms with Crippen molar-refractivity contribution in [2.45, 2.75) is 6.18 Å². The van der Waals surface area contributed by atoms with Gasteiger partial charge >= 0.3 is 12.2 Å². The van der Waals surface area contributed by atoms with Crippen molar-refractivity contribution in [3.05, 3.63) is 29.8 Å². The van der Waals surface area contributed by atoms with E-state index in [0.29, 0.717) is 0 Å². The van der Waals surface area contributed by atoms with E-state index in [-0.39, 0.29) is 5.69 Å². The molecule has 17 heavy (non-hydrogen) atoms. The first-order valence-electron chi connectivity index (χ1n) is 4.71. The largest absolute Gasteiger partial charge is 0.416 e. The maximum Gasteiger partial charge on any atom is 0.416 e. The molecule has 0 aliphatic rings. The monoisotopic (exact) mass is 247 g/mol. The zero-order valence-corrected chi connectivity index (χ0v) is 9.30. The third-order valence-electron chi connectivity index (χ3n) is 1.77. The number of nitrogens with zero attached hydrogens (tertiary/aromatic N) is 1. The Morgan fingerprint density at radius 3 is 2.47 bits per heavy atom. The number of carbonyl (C=O) groups excluding carboxylic acids is 1. The van der Waals surface area contributed by atoms with Gasteiger partial charge in [0.2, 0.25) is 0 Å². The first kappa shape index (κ1) is 13.3. The Kier molecular flexibility index (Phi) is 3.95. The molecule has 0 aromatic heterocycles. The van der Waals surface area contributed by atoms with Crippen molar-refractivity contribution in [1.29, 1.82) is 0 Å². The lowest BCUT2D eigenvalue weighted by molar-refractivity contribution is -0.137. The molecule has 0 aliphatic carbocycles. The van der Waals surface area contributed by atoms with Gasteiger partial charge < -0.3 is 5.32 Å². The van der Waals surface area contributed by atoms with Crippen molar-refractivity contribution in [3.63, 3.8) is 0 Å². The SMILES string of the molecule is CN(C)NC(=O)Nc1cccc(C(F)(F)F)c1. The molecule has 1 aromatic carbocycles. The number of urea groups is 1. The number of hydrogen-bond donors (Lipinski definition) is 2. The normalized spacial score (nSPS) is 11.4. The fraction of sp³-hybridized carbons (Fsp3) is 0.300. The van der Waals surface area contributed by atoms with E-state index >= 15 is 0 Å². The summed E-state index contributed by atoms with van der Waals surface area (Å²) in [5, 5.41) is 3.67. The molecule has 0 heterocycles. The van der Waals surface area contributed by atoms with Crippen LogP contribution in [0.4, 0.5) is 23.7 Å². The summed E-state index contributed by atoms with van der Waals surface area (Å²) in [7, 11) is 3.18. The maximum absolute atomic E-state index is 12.4. The third-order valence-corrected chi connectivity index (χ3v) is 1.77. The number of alkyl halides is 3. The highest BCUT2D eigenvalue weighted by Crippen LogP contribution is 2.30. The summed E-state index contributed by atoms with van der Waals surface area (Å²) in [6, 6.07) is 3.82. The van der Waals surface area contributed by atoms with Crippen molar-refractivity contribution in [2.75, 3.05) is 19.4 Å². The van der Waals surface area contributed by atoms with Gasteiger partial charge in [-0.3, -0.25) is 5.43 Å². The minimum atomic E-state index is -4.42. The van der Waals surface area contributed by atoms with E-state index in [2.05, 4.69) is 10.7 Å². The summed E-state index contributed by atoms with van der Waals surface area (Å²) in [5.74, 6) is 0. The second kappa shape index (κ2) is 5.05. The predicted octanol–water partition coefficient (Wildman–Crippen LogP) is 2.30. The van der Waals surface area contributed by atoms with Gasteiger partial charge in [-0.05, 0) is 18.2 Å². The molecule has 1 rings (SSSR count). The average Bonchev–Trinajstić information content (AvgIpc) is 2.15. The van der Waals surface area contributed by atoms with Crippen molar-refractivity contribution in [1.82, 2.24) is 10.4 Å². The lowest BCUT2D eigenvalue weighted by Crippen LogP contribution is -2.39. The van der Waals surface area contributed by atoms with Gasteiger partial charge in [-0.1, -0.05) is 6.07 Å². The molecule has 0 saturated heterocycles. The first-order chi connectivity index (χ1) is 7.79. The van der Waals surface area contributed by atoms with Gasteiger partial charge in [0.1, 0.15) is 0 Å². The van der Waals surface area contributed by atoms with Crippen LogP contribution in [-0.2, 0) is 6.18 Å². The van der Waals surface area contributed by atoms with Crippen LogP contribution < -0.4 is 10.7 Å². The molecule has 7 heteroatoms. The number of hydrogen-bond acceptors (Lipinski definition) is 2. The number of rotatable bonds is 2. The van der Waals surface area contributed by atoms with Crippen LogP contribution in [0.2, 0.25) is 0 Å². The van der Waals surface area contributed by atoms with Crippen LogP contribution in [0.25, 0.3) is 0 Å². The number of nitrogens with one attached hydrogen (secondary N) is 2. The quantitative estimate of drug-likeness (QED) is 0.787. The van der Waals surface area contributed by atoms with Crippen LogP contribution in [0.1, 0.15) is 5.56 Å². The van der Waals surface area contributed by atoms with Gasteiger partial charge in [-0.15, -0.1) is 0 Å². The Morgan fingerprint density at radius 2 is 1.94 bits per heavy atom. The van der Waals surface area contributed by atoms with Crippen molar-refractivity contribution in [3.8, 4) is 0 Å². The zero-order chi connectivity index (χ0) is 13.1. The highest BCUT2D eigenvalue weighted by atomic mass is 19.4. The van der Waals surface area contributed by atoms with Crippen molar-refractivity contribution in [2.24, 2.45) is 0 Å². The minimum Gasteiger partial charge on any atom is -0.307 e. The van der Waals surface area contributed by atoms with Gasteiger partial charge in [0.05, 0.1) is 5.56 Å². The number of anilines is 1. The molecular formula is C10H12F3N3O. The molecule has 0 radical (unpaired) electrons. The number of benzene rings is 1. The second-order valence-corrected chi connectivity index (χ2v) is 3.54.